The van der Waals surface area contributed by atoms with Crippen LogP contribution in [0.3, 0.4) is 0 Å². The Hall–Kier alpha value is -1.42. The molecule has 4 heteroatoms. The lowest BCUT2D eigenvalue weighted by Gasteiger charge is -2.28. The summed E-state index contributed by atoms with van der Waals surface area (Å²) in [7, 11) is 1.88. The molecule has 1 amide bonds. The number of rotatable bonds is 4. The van der Waals surface area contributed by atoms with Crippen molar-refractivity contribution < 1.29 is 4.79 Å². The monoisotopic (exact) mass is 247 g/mol. The Balaban J connectivity index is 1.88. The molecule has 1 aromatic heterocycles. The highest BCUT2D eigenvalue weighted by atomic mass is 16.2. The van der Waals surface area contributed by atoms with E-state index in [2.05, 4.69) is 10.3 Å². The first-order valence-corrected chi connectivity index (χ1v) is 6.48. The number of likely N-dealkylation sites (N-methyl/N-ethyl adjacent to an activating group) is 1. The molecule has 0 aliphatic carbocycles. The van der Waals surface area contributed by atoms with Gasteiger partial charge in [-0.25, -0.2) is 0 Å². The maximum Gasteiger partial charge on any atom is 0.229 e. The molecule has 1 aliphatic heterocycles. The van der Waals surface area contributed by atoms with Crippen molar-refractivity contribution in [2.75, 3.05) is 26.7 Å². The Morgan fingerprint density at radius 1 is 1.56 bits per heavy atom. The highest BCUT2D eigenvalue weighted by molar-refractivity contribution is 5.82. The molecule has 4 nitrogen and oxygen atoms in total. The topological polar surface area (TPSA) is 45.2 Å². The van der Waals surface area contributed by atoms with Gasteiger partial charge in [0.15, 0.2) is 0 Å². The zero-order valence-corrected chi connectivity index (χ0v) is 11.1. The predicted molar refractivity (Wildman–Crippen MR) is 71.2 cm³/mol. The number of nitrogens with zero attached hydrogens (tertiary/aromatic N) is 2. The van der Waals surface area contributed by atoms with Crippen molar-refractivity contribution in [3.05, 3.63) is 30.1 Å². The highest BCUT2D eigenvalue weighted by Gasteiger charge is 2.37. The van der Waals surface area contributed by atoms with Gasteiger partial charge in [0.1, 0.15) is 0 Å². The van der Waals surface area contributed by atoms with Crippen LogP contribution in [0.5, 0.6) is 0 Å². The van der Waals surface area contributed by atoms with Crippen molar-refractivity contribution in [1.29, 1.82) is 0 Å². The van der Waals surface area contributed by atoms with Crippen molar-refractivity contribution in [2.24, 2.45) is 5.41 Å². The van der Waals surface area contributed by atoms with Crippen LogP contribution < -0.4 is 5.32 Å². The molecule has 1 unspecified atom stereocenters. The lowest BCUT2D eigenvalue weighted by molar-refractivity contribution is -0.138. The van der Waals surface area contributed by atoms with Crippen LogP contribution in [-0.4, -0.2) is 42.5 Å². The van der Waals surface area contributed by atoms with E-state index in [1.807, 2.05) is 37.1 Å². The van der Waals surface area contributed by atoms with Gasteiger partial charge in [-0.2, -0.15) is 0 Å². The van der Waals surface area contributed by atoms with Crippen molar-refractivity contribution in [1.82, 2.24) is 15.2 Å². The molecule has 0 spiro atoms. The van der Waals surface area contributed by atoms with E-state index >= 15 is 0 Å². The molecule has 1 atom stereocenters. The molecular weight excluding hydrogens is 226 g/mol. The fraction of sp³-hybridized carbons (Fsp3) is 0.571. The Labute approximate surface area is 108 Å². The Morgan fingerprint density at radius 2 is 2.39 bits per heavy atom. The summed E-state index contributed by atoms with van der Waals surface area (Å²) in [5.41, 5.74) is 0.811. The van der Waals surface area contributed by atoms with E-state index in [4.69, 9.17) is 0 Å². The molecule has 18 heavy (non-hydrogen) atoms. The third-order valence-corrected chi connectivity index (χ3v) is 3.66. The molecule has 1 fully saturated rings. The summed E-state index contributed by atoms with van der Waals surface area (Å²) in [4.78, 5) is 18.5. The number of aromatic nitrogens is 1. The minimum Gasteiger partial charge on any atom is -0.345 e. The maximum atomic E-state index is 12.4. The molecule has 0 bridgehead atoms. The summed E-state index contributed by atoms with van der Waals surface area (Å²) in [5.74, 6) is 0.239. The van der Waals surface area contributed by atoms with E-state index < -0.39 is 0 Å². The first kappa shape index (κ1) is 13.0. The average Bonchev–Trinajstić information content (AvgIpc) is 2.84. The molecule has 0 aromatic carbocycles. The predicted octanol–water partition coefficient (Wildman–Crippen LogP) is 1.08. The summed E-state index contributed by atoms with van der Waals surface area (Å²) in [6.45, 7) is 4.51. The molecule has 1 saturated heterocycles. The van der Waals surface area contributed by atoms with E-state index in [0.29, 0.717) is 0 Å². The molecule has 98 valence electrons. The molecule has 2 heterocycles. The van der Waals surface area contributed by atoms with Crippen LogP contribution in [0.4, 0.5) is 0 Å². The fourth-order valence-electron chi connectivity index (χ4n) is 2.39. The molecule has 0 saturated carbocycles. The molecule has 2 rings (SSSR count). The smallest absolute Gasteiger partial charge is 0.229 e. The highest BCUT2D eigenvalue weighted by Crippen LogP contribution is 2.26. The number of nitrogens with one attached hydrogen (secondary N) is 1. The number of amides is 1. The van der Waals surface area contributed by atoms with E-state index in [1.54, 1.807) is 6.20 Å². The van der Waals surface area contributed by atoms with Crippen molar-refractivity contribution >= 4 is 5.91 Å². The van der Waals surface area contributed by atoms with Crippen LogP contribution in [0.1, 0.15) is 19.0 Å². The average molecular weight is 247 g/mol. The molecule has 1 N–H and O–H groups in total. The van der Waals surface area contributed by atoms with Crippen molar-refractivity contribution in [3.8, 4) is 0 Å². The zero-order chi connectivity index (χ0) is 13.0. The van der Waals surface area contributed by atoms with Crippen LogP contribution in [-0.2, 0) is 11.2 Å². The van der Waals surface area contributed by atoms with Crippen LogP contribution in [0, 0.1) is 5.41 Å². The number of hydrogen-bond donors (Lipinski definition) is 1. The third-order valence-electron chi connectivity index (χ3n) is 3.66. The second kappa shape index (κ2) is 5.48. The molecule has 1 aliphatic rings. The van der Waals surface area contributed by atoms with Gasteiger partial charge in [-0.3, -0.25) is 9.78 Å². The lowest BCUT2D eigenvalue weighted by Crippen LogP contribution is -2.42. The number of carbonyl (C=O) groups excluding carboxylic acids is 1. The SMILES string of the molecule is CN(CCc1ccccn1)C(=O)C1(C)CCNC1. The van der Waals surface area contributed by atoms with E-state index in [9.17, 15) is 4.79 Å². The number of hydrogen-bond acceptors (Lipinski definition) is 3. The quantitative estimate of drug-likeness (QED) is 0.866. The van der Waals surface area contributed by atoms with Gasteiger partial charge in [0, 0.05) is 38.4 Å². The van der Waals surface area contributed by atoms with Gasteiger partial charge < -0.3 is 10.2 Å². The summed E-state index contributed by atoms with van der Waals surface area (Å²) in [5, 5.41) is 3.26. The minimum absolute atomic E-state index is 0.223. The van der Waals surface area contributed by atoms with Crippen molar-refractivity contribution in [2.45, 2.75) is 19.8 Å². The van der Waals surface area contributed by atoms with E-state index in [0.717, 1.165) is 38.2 Å². The largest absolute Gasteiger partial charge is 0.345 e. The van der Waals surface area contributed by atoms with Crippen LogP contribution in [0.15, 0.2) is 24.4 Å². The third kappa shape index (κ3) is 2.88. The first-order valence-electron chi connectivity index (χ1n) is 6.48. The fourth-order valence-corrected chi connectivity index (χ4v) is 2.39. The molecule has 0 radical (unpaired) electrons. The second-order valence-electron chi connectivity index (χ2n) is 5.29. The lowest BCUT2D eigenvalue weighted by atomic mass is 9.88. The van der Waals surface area contributed by atoms with Crippen LogP contribution in [0.2, 0.25) is 0 Å². The van der Waals surface area contributed by atoms with Gasteiger partial charge in [-0.05, 0) is 32.0 Å². The zero-order valence-electron chi connectivity index (χ0n) is 11.1. The van der Waals surface area contributed by atoms with Crippen LogP contribution >= 0.6 is 0 Å². The summed E-state index contributed by atoms with van der Waals surface area (Å²) < 4.78 is 0. The molecular formula is C14H21N3O. The Bertz CT molecular complexity index is 399. The van der Waals surface area contributed by atoms with Gasteiger partial charge in [0.2, 0.25) is 5.91 Å². The van der Waals surface area contributed by atoms with Gasteiger partial charge >= 0.3 is 0 Å². The van der Waals surface area contributed by atoms with Gasteiger partial charge in [0.05, 0.1) is 5.41 Å². The summed E-state index contributed by atoms with van der Waals surface area (Å²) in [6.07, 6.45) is 3.53. The van der Waals surface area contributed by atoms with Gasteiger partial charge in [0.25, 0.3) is 0 Å². The number of pyridine rings is 1. The Morgan fingerprint density at radius 3 is 3.00 bits per heavy atom. The maximum absolute atomic E-state index is 12.4. The van der Waals surface area contributed by atoms with Gasteiger partial charge in [-0.1, -0.05) is 6.07 Å². The standard InChI is InChI=1S/C14H21N3O/c1-14(7-9-15-11-14)13(18)17(2)10-6-12-5-3-4-8-16-12/h3-5,8,15H,6-7,9-11H2,1-2H3. The summed E-state index contributed by atoms with van der Waals surface area (Å²) >= 11 is 0. The number of carbonyl (C=O) groups is 1. The van der Waals surface area contributed by atoms with E-state index in [1.165, 1.54) is 0 Å². The summed E-state index contributed by atoms with van der Waals surface area (Å²) in [6, 6.07) is 5.88. The van der Waals surface area contributed by atoms with Crippen LogP contribution in [0.25, 0.3) is 0 Å². The van der Waals surface area contributed by atoms with E-state index in [-0.39, 0.29) is 11.3 Å². The minimum atomic E-state index is -0.223. The second-order valence-corrected chi connectivity index (χ2v) is 5.29. The normalized spacial score (nSPS) is 23.0. The first-order chi connectivity index (χ1) is 8.62. The van der Waals surface area contributed by atoms with Crippen molar-refractivity contribution in [3.63, 3.8) is 0 Å². The van der Waals surface area contributed by atoms with Gasteiger partial charge in [-0.15, -0.1) is 0 Å². The Kier molecular flexibility index (Phi) is 3.97. The molecule has 1 aromatic rings.